The molecule has 0 bridgehead atoms. The van der Waals surface area contributed by atoms with Gasteiger partial charge in [-0.15, -0.1) is 13.2 Å². The van der Waals surface area contributed by atoms with Crippen LogP contribution in [-0.2, 0) is 0 Å². The zero-order valence-corrected chi connectivity index (χ0v) is 20.0. The van der Waals surface area contributed by atoms with Crippen molar-refractivity contribution in [2.24, 2.45) is 11.8 Å². The van der Waals surface area contributed by atoms with Gasteiger partial charge in [-0.3, -0.25) is 0 Å². The van der Waals surface area contributed by atoms with Crippen LogP contribution in [0.4, 0.5) is 17.6 Å². The number of hydrogen-bond donors (Lipinski definition) is 0. The Kier molecular flexibility index (Phi) is 9.29. The minimum atomic E-state index is -4.86. The average molecular weight is 459 g/mol. The molecule has 1 heterocycles. The molecule has 1 aliphatic heterocycles. The van der Waals surface area contributed by atoms with Crippen molar-refractivity contribution in [1.29, 1.82) is 0 Å². The predicted octanol–water partition coefficient (Wildman–Crippen LogP) is 8.61. The van der Waals surface area contributed by atoms with Crippen LogP contribution in [0.15, 0.2) is 18.2 Å². The first-order valence-corrected chi connectivity index (χ1v) is 14.8. The van der Waals surface area contributed by atoms with Crippen molar-refractivity contribution in [1.82, 2.24) is 0 Å². The summed E-state index contributed by atoms with van der Waals surface area (Å²) >= 11 is 0. The second kappa shape index (κ2) is 11.7. The Morgan fingerprint density at radius 1 is 0.935 bits per heavy atom. The molecule has 176 valence electrons. The van der Waals surface area contributed by atoms with Crippen LogP contribution in [0.2, 0.25) is 18.1 Å². The lowest BCUT2D eigenvalue weighted by Gasteiger charge is -2.30. The average Bonchev–Trinajstić information content (AvgIpc) is 2.74. The number of benzene rings is 1. The Bertz CT molecular complexity index is 662. The maximum Gasteiger partial charge on any atom is 0.573 e. The van der Waals surface area contributed by atoms with Crippen LogP contribution in [0.25, 0.3) is 0 Å². The van der Waals surface area contributed by atoms with Gasteiger partial charge in [-0.1, -0.05) is 76.1 Å². The SMILES string of the molecule is CCC[SiH]1CCC(CCCC[C@H]2CC[C@H](c3ccc(OC(F)(F)F)c(F)c3)CC2)CC1. The zero-order chi connectivity index (χ0) is 22.3. The fourth-order valence-electron chi connectivity index (χ4n) is 5.85. The van der Waals surface area contributed by atoms with Gasteiger partial charge in [0.05, 0.1) is 0 Å². The molecule has 0 N–H and O–H groups in total. The molecular formula is C25H38F4OSi. The third-order valence-electron chi connectivity index (χ3n) is 7.64. The Labute approximate surface area is 186 Å². The monoisotopic (exact) mass is 458 g/mol. The van der Waals surface area contributed by atoms with Crippen molar-refractivity contribution in [3.05, 3.63) is 29.6 Å². The van der Waals surface area contributed by atoms with Gasteiger partial charge in [0.25, 0.3) is 0 Å². The van der Waals surface area contributed by atoms with E-state index in [0.29, 0.717) is 0 Å². The van der Waals surface area contributed by atoms with E-state index in [2.05, 4.69) is 11.7 Å². The smallest absolute Gasteiger partial charge is 0.403 e. The van der Waals surface area contributed by atoms with Crippen LogP contribution in [-0.4, -0.2) is 15.2 Å². The molecule has 1 aromatic rings. The van der Waals surface area contributed by atoms with Gasteiger partial charge < -0.3 is 4.74 Å². The topological polar surface area (TPSA) is 9.23 Å². The number of halogens is 4. The summed E-state index contributed by atoms with van der Waals surface area (Å²) in [4.78, 5) is 0. The number of unbranched alkanes of at least 4 members (excludes halogenated alkanes) is 1. The van der Waals surface area contributed by atoms with Crippen molar-refractivity contribution < 1.29 is 22.3 Å². The predicted molar refractivity (Wildman–Crippen MR) is 121 cm³/mol. The van der Waals surface area contributed by atoms with E-state index >= 15 is 0 Å². The molecule has 31 heavy (non-hydrogen) atoms. The Hall–Kier alpha value is -1.04. The molecule has 1 aromatic carbocycles. The van der Waals surface area contributed by atoms with E-state index in [1.54, 1.807) is 24.2 Å². The van der Waals surface area contributed by atoms with E-state index in [1.165, 1.54) is 51.0 Å². The van der Waals surface area contributed by atoms with Crippen LogP contribution in [0.1, 0.15) is 89.0 Å². The summed E-state index contributed by atoms with van der Waals surface area (Å²) in [5.74, 6) is 0.305. The molecule has 1 nitrogen and oxygen atoms in total. The molecule has 1 saturated heterocycles. The third-order valence-corrected chi connectivity index (χ3v) is 11.3. The molecule has 6 heteroatoms. The van der Waals surface area contributed by atoms with Crippen molar-refractivity contribution in [3.63, 3.8) is 0 Å². The fraction of sp³-hybridized carbons (Fsp3) is 0.760. The van der Waals surface area contributed by atoms with Gasteiger partial charge in [0, 0.05) is 8.80 Å². The maximum atomic E-state index is 14.0. The molecule has 1 saturated carbocycles. The quantitative estimate of drug-likeness (QED) is 0.204. The molecule has 0 amide bonds. The van der Waals surface area contributed by atoms with E-state index in [4.69, 9.17) is 0 Å². The number of alkyl halides is 3. The largest absolute Gasteiger partial charge is 0.573 e. The summed E-state index contributed by atoms with van der Waals surface area (Å²) in [6, 6.07) is 8.63. The Morgan fingerprint density at radius 2 is 1.55 bits per heavy atom. The van der Waals surface area contributed by atoms with Crippen molar-refractivity contribution in [3.8, 4) is 5.75 Å². The molecule has 3 rings (SSSR count). The van der Waals surface area contributed by atoms with E-state index in [-0.39, 0.29) is 14.7 Å². The zero-order valence-electron chi connectivity index (χ0n) is 18.9. The van der Waals surface area contributed by atoms with Gasteiger partial charge in [0.15, 0.2) is 11.6 Å². The van der Waals surface area contributed by atoms with E-state index in [1.807, 2.05) is 0 Å². The summed E-state index contributed by atoms with van der Waals surface area (Å²) in [5, 5.41) is 0. The molecule has 0 radical (unpaired) electrons. The first-order valence-electron chi connectivity index (χ1n) is 12.4. The summed E-state index contributed by atoms with van der Waals surface area (Å²) in [6.07, 6.45) is 9.15. The van der Waals surface area contributed by atoms with Gasteiger partial charge in [-0.05, 0) is 61.1 Å². The standard InChI is InChI=1S/C25H38F4OSi/c1-2-15-31-16-13-20(14-17-31)6-4-3-5-19-7-9-21(10-8-19)22-11-12-24(23(26)18-22)30-25(27,28)29/h11-12,18-21,31H,2-10,13-17H2,1H3/t19-,20?,21-,31?. The number of ether oxygens (including phenoxy) is 1. The van der Waals surface area contributed by atoms with Gasteiger partial charge in [0.2, 0.25) is 0 Å². The molecule has 1 aliphatic carbocycles. The van der Waals surface area contributed by atoms with Gasteiger partial charge >= 0.3 is 6.36 Å². The van der Waals surface area contributed by atoms with Crippen LogP contribution >= 0.6 is 0 Å². The first kappa shape index (κ1) is 24.6. The van der Waals surface area contributed by atoms with Gasteiger partial charge in [0.1, 0.15) is 0 Å². The number of hydrogen-bond acceptors (Lipinski definition) is 1. The highest BCUT2D eigenvalue weighted by Gasteiger charge is 2.32. The minimum absolute atomic E-state index is 0.244. The highest BCUT2D eigenvalue weighted by molar-refractivity contribution is 6.58. The molecule has 2 aliphatic rings. The highest BCUT2D eigenvalue weighted by Crippen LogP contribution is 2.39. The van der Waals surface area contributed by atoms with Gasteiger partial charge in [-0.2, -0.15) is 0 Å². The second-order valence-electron chi connectivity index (χ2n) is 9.92. The molecular weight excluding hydrogens is 420 g/mol. The molecule has 2 fully saturated rings. The van der Waals surface area contributed by atoms with E-state index < -0.39 is 17.9 Å². The summed E-state index contributed by atoms with van der Waals surface area (Å²) in [7, 11) is -0.358. The molecule has 0 aromatic heterocycles. The third kappa shape index (κ3) is 8.10. The summed E-state index contributed by atoms with van der Waals surface area (Å²) in [5.41, 5.74) is 0.799. The summed E-state index contributed by atoms with van der Waals surface area (Å²) < 4.78 is 54.7. The molecule has 0 spiro atoms. The second-order valence-corrected chi connectivity index (χ2v) is 13.4. The van der Waals surface area contributed by atoms with Crippen LogP contribution in [0, 0.1) is 17.7 Å². The van der Waals surface area contributed by atoms with E-state index in [9.17, 15) is 17.6 Å². The lowest BCUT2D eigenvalue weighted by atomic mass is 9.77. The lowest BCUT2D eigenvalue weighted by molar-refractivity contribution is -0.275. The highest BCUT2D eigenvalue weighted by atomic mass is 28.3. The number of rotatable bonds is 9. The van der Waals surface area contributed by atoms with E-state index in [0.717, 1.165) is 49.1 Å². The maximum absolute atomic E-state index is 14.0. The Morgan fingerprint density at radius 3 is 2.10 bits per heavy atom. The van der Waals surface area contributed by atoms with Crippen molar-refractivity contribution in [2.45, 2.75) is 108 Å². The normalized spacial score (nSPS) is 27.3. The molecule has 0 unspecified atom stereocenters. The lowest BCUT2D eigenvalue weighted by Crippen LogP contribution is -2.21. The van der Waals surface area contributed by atoms with Crippen molar-refractivity contribution >= 4 is 8.80 Å². The van der Waals surface area contributed by atoms with Crippen LogP contribution < -0.4 is 4.74 Å². The fourth-order valence-corrected chi connectivity index (χ4v) is 9.41. The van der Waals surface area contributed by atoms with Gasteiger partial charge in [-0.25, -0.2) is 4.39 Å². The van der Waals surface area contributed by atoms with Crippen LogP contribution in [0.3, 0.4) is 0 Å². The Balaban J connectivity index is 1.32. The minimum Gasteiger partial charge on any atom is -0.403 e. The van der Waals surface area contributed by atoms with Crippen LogP contribution in [0.5, 0.6) is 5.75 Å². The molecule has 0 atom stereocenters. The van der Waals surface area contributed by atoms with Crippen molar-refractivity contribution in [2.75, 3.05) is 0 Å². The first-order chi connectivity index (χ1) is 14.8. The summed E-state index contributed by atoms with van der Waals surface area (Å²) in [6.45, 7) is 2.33.